The van der Waals surface area contributed by atoms with Crippen molar-refractivity contribution < 1.29 is 23.6 Å². The molecule has 2 aromatic carbocycles. The second kappa shape index (κ2) is 8.52. The van der Waals surface area contributed by atoms with Gasteiger partial charge in [0.05, 0.1) is 4.92 Å². The van der Waals surface area contributed by atoms with Crippen LogP contribution in [0.4, 0.5) is 15.8 Å². The first-order valence-electron chi connectivity index (χ1n) is 7.50. The van der Waals surface area contributed by atoms with Gasteiger partial charge in [-0.2, -0.15) is 4.39 Å². The fraction of sp³-hybridized carbons (Fsp3) is 0.111. The van der Waals surface area contributed by atoms with Gasteiger partial charge in [0, 0.05) is 17.8 Å². The molecule has 0 unspecified atom stereocenters. The molecule has 0 aliphatic heterocycles. The molecule has 1 amide bonds. The molecular weight excluding hydrogens is 343 g/mol. The van der Waals surface area contributed by atoms with Crippen molar-refractivity contribution in [3.8, 4) is 0 Å². The van der Waals surface area contributed by atoms with Gasteiger partial charge in [0.1, 0.15) is 0 Å². The lowest BCUT2D eigenvalue weighted by molar-refractivity contribution is -0.387. The van der Waals surface area contributed by atoms with Crippen LogP contribution in [-0.4, -0.2) is 23.4 Å². The average Bonchev–Trinajstić information content (AvgIpc) is 2.61. The second-order valence-electron chi connectivity index (χ2n) is 5.32. The predicted octanol–water partition coefficient (Wildman–Crippen LogP) is 3.24. The van der Waals surface area contributed by atoms with E-state index in [-0.39, 0.29) is 5.69 Å². The Morgan fingerprint density at radius 2 is 1.92 bits per heavy atom. The number of benzene rings is 2. The number of amides is 1. The Morgan fingerprint density at radius 1 is 1.23 bits per heavy atom. The Kier molecular flexibility index (Phi) is 6.15. The summed E-state index contributed by atoms with van der Waals surface area (Å²) in [5.74, 6) is -2.44. The summed E-state index contributed by atoms with van der Waals surface area (Å²) in [6.45, 7) is 1.36. The fourth-order valence-electron chi connectivity index (χ4n) is 1.95. The first-order chi connectivity index (χ1) is 12.3. The molecule has 0 aromatic heterocycles. The summed E-state index contributed by atoms with van der Waals surface area (Å²) in [6.07, 6.45) is 2.73. The highest BCUT2D eigenvalue weighted by Gasteiger charge is 2.15. The molecule has 0 saturated heterocycles. The molecule has 0 fully saturated rings. The molecule has 0 saturated carbocycles. The highest BCUT2D eigenvalue weighted by Crippen LogP contribution is 2.21. The molecule has 0 heterocycles. The van der Waals surface area contributed by atoms with Crippen LogP contribution in [0.1, 0.15) is 11.1 Å². The number of nitrogens with zero attached hydrogens (tertiary/aromatic N) is 1. The van der Waals surface area contributed by atoms with E-state index in [1.54, 1.807) is 6.08 Å². The topological polar surface area (TPSA) is 98.5 Å². The number of esters is 1. The summed E-state index contributed by atoms with van der Waals surface area (Å²) in [6, 6.07) is 10.3. The smallest absolute Gasteiger partial charge is 0.331 e. The summed E-state index contributed by atoms with van der Waals surface area (Å²) in [5, 5.41) is 12.9. The van der Waals surface area contributed by atoms with Gasteiger partial charge in [0.25, 0.3) is 5.91 Å². The third-order valence-corrected chi connectivity index (χ3v) is 3.26. The highest BCUT2D eigenvalue weighted by molar-refractivity contribution is 5.94. The van der Waals surface area contributed by atoms with Gasteiger partial charge in [-0.25, -0.2) is 4.79 Å². The molecular formula is C18H15FN2O5. The van der Waals surface area contributed by atoms with Crippen LogP contribution >= 0.6 is 0 Å². The van der Waals surface area contributed by atoms with Gasteiger partial charge in [0.15, 0.2) is 6.61 Å². The summed E-state index contributed by atoms with van der Waals surface area (Å²) in [4.78, 5) is 33.1. The van der Waals surface area contributed by atoms with Gasteiger partial charge in [-0.15, -0.1) is 0 Å². The van der Waals surface area contributed by atoms with Crippen LogP contribution < -0.4 is 5.32 Å². The van der Waals surface area contributed by atoms with Crippen molar-refractivity contribution >= 4 is 29.3 Å². The number of ether oxygens (including phenoxy) is 1. The maximum atomic E-state index is 13.2. The number of nitro benzene ring substituents is 1. The van der Waals surface area contributed by atoms with E-state index in [1.165, 1.54) is 12.1 Å². The molecule has 26 heavy (non-hydrogen) atoms. The number of halogens is 1. The molecule has 0 radical (unpaired) electrons. The minimum Gasteiger partial charge on any atom is -0.452 e. The minimum atomic E-state index is -1.01. The summed E-state index contributed by atoms with van der Waals surface area (Å²) in [7, 11) is 0. The van der Waals surface area contributed by atoms with Crippen molar-refractivity contribution in [3.63, 3.8) is 0 Å². The first kappa shape index (κ1) is 18.8. The zero-order valence-electron chi connectivity index (χ0n) is 13.8. The number of nitro groups is 1. The molecule has 2 aromatic rings. The van der Waals surface area contributed by atoms with E-state index in [0.29, 0.717) is 0 Å². The molecule has 0 aliphatic carbocycles. The molecule has 1 N–H and O–H groups in total. The molecule has 0 bridgehead atoms. The number of aryl methyl sites for hydroxylation is 1. The SMILES string of the molecule is Cc1ccc(/C=C/C(=O)OCC(=O)Nc2ccc(F)c([N+](=O)[O-])c2)cc1. The van der Waals surface area contributed by atoms with Crippen LogP contribution in [0.15, 0.2) is 48.5 Å². The van der Waals surface area contributed by atoms with Gasteiger partial charge < -0.3 is 10.1 Å². The van der Waals surface area contributed by atoms with Crippen molar-refractivity contribution in [3.05, 3.63) is 75.6 Å². The molecule has 7 nitrogen and oxygen atoms in total. The third kappa shape index (κ3) is 5.52. The average molecular weight is 358 g/mol. The number of anilines is 1. The van der Waals surface area contributed by atoms with Crippen molar-refractivity contribution in [2.24, 2.45) is 0 Å². The van der Waals surface area contributed by atoms with E-state index in [9.17, 15) is 24.1 Å². The second-order valence-corrected chi connectivity index (χ2v) is 5.32. The quantitative estimate of drug-likeness (QED) is 0.370. The monoisotopic (exact) mass is 358 g/mol. The Hall–Kier alpha value is -3.55. The van der Waals surface area contributed by atoms with Gasteiger partial charge >= 0.3 is 11.7 Å². The van der Waals surface area contributed by atoms with Crippen molar-refractivity contribution in [1.82, 2.24) is 0 Å². The summed E-state index contributed by atoms with van der Waals surface area (Å²) >= 11 is 0. The van der Waals surface area contributed by atoms with Crippen molar-refractivity contribution in [1.29, 1.82) is 0 Å². The Morgan fingerprint density at radius 3 is 2.58 bits per heavy atom. The minimum absolute atomic E-state index is 0.0225. The van der Waals surface area contributed by atoms with Crippen LogP contribution in [0, 0.1) is 22.9 Å². The lowest BCUT2D eigenvalue weighted by Crippen LogP contribution is -2.20. The molecule has 2 rings (SSSR count). The maximum Gasteiger partial charge on any atom is 0.331 e. The third-order valence-electron chi connectivity index (χ3n) is 3.26. The van der Waals surface area contributed by atoms with Crippen LogP contribution in [0.2, 0.25) is 0 Å². The summed E-state index contributed by atoms with van der Waals surface area (Å²) in [5.41, 5.74) is 1.15. The lowest BCUT2D eigenvalue weighted by atomic mass is 10.1. The number of nitrogens with one attached hydrogen (secondary N) is 1. The lowest BCUT2D eigenvalue weighted by Gasteiger charge is -2.05. The normalized spacial score (nSPS) is 10.5. The van der Waals surface area contributed by atoms with E-state index in [2.05, 4.69) is 5.32 Å². The molecule has 8 heteroatoms. The van der Waals surface area contributed by atoms with E-state index in [4.69, 9.17) is 4.74 Å². The van der Waals surface area contributed by atoms with Gasteiger partial charge in [-0.05, 0) is 30.7 Å². The van der Waals surface area contributed by atoms with Crippen LogP contribution in [0.3, 0.4) is 0 Å². The number of carbonyl (C=O) groups is 2. The summed E-state index contributed by atoms with van der Waals surface area (Å²) < 4.78 is 18.0. The zero-order chi connectivity index (χ0) is 19.1. The largest absolute Gasteiger partial charge is 0.452 e. The maximum absolute atomic E-state index is 13.2. The molecule has 0 aliphatic rings. The van der Waals surface area contributed by atoms with Crippen LogP contribution in [0.25, 0.3) is 6.08 Å². The Balaban J connectivity index is 1.86. The first-order valence-corrected chi connectivity index (χ1v) is 7.50. The van der Waals surface area contributed by atoms with E-state index in [0.717, 1.165) is 23.3 Å². The van der Waals surface area contributed by atoms with Gasteiger partial charge in [-0.1, -0.05) is 29.8 Å². The van der Waals surface area contributed by atoms with E-state index < -0.39 is 34.9 Å². The zero-order valence-corrected chi connectivity index (χ0v) is 13.8. The van der Waals surface area contributed by atoms with E-state index in [1.807, 2.05) is 31.2 Å². The predicted molar refractivity (Wildman–Crippen MR) is 92.9 cm³/mol. The van der Waals surface area contributed by atoms with Gasteiger partial charge in [-0.3, -0.25) is 14.9 Å². The van der Waals surface area contributed by atoms with Gasteiger partial charge in [0.2, 0.25) is 5.82 Å². The van der Waals surface area contributed by atoms with Crippen LogP contribution in [-0.2, 0) is 14.3 Å². The number of carbonyl (C=O) groups excluding carboxylic acids is 2. The highest BCUT2D eigenvalue weighted by atomic mass is 19.1. The Labute approximate surface area is 148 Å². The molecule has 134 valence electrons. The van der Waals surface area contributed by atoms with E-state index >= 15 is 0 Å². The fourth-order valence-corrected chi connectivity index (χ4v) is 1.95. The van der Waals surface area contributed by atoms with Crippen molar-refractivity contribution in [2.75, 3.05) is 11.9 Å². The standard InChI is InChI=1S/C18H15FN2O5/c1-12-2-4-13(5-3-12)6-9-18(23)26-11-17(22)20-14-7-8-15(19)16(10-14)21(24)25/h2-10H,11H2,1H3,(H,20,22)/b9-6+. The van der Waals surface area contributed by atoms with Crippen molar-refractivity contribution in [2.45, 2.75) is 6.92 Å². The molecule has 0 spiro atoms. The number of rotatable bonds is 6. The molecule has 0 atom stereocenters. The Bertz CT molecular complexity index is 862. The number of hydrogen-bond donors (Lipinski definition) is 1. The van der Waals surface area contributed by atoms with Crippen LogP contribution in [0.5, 0.6) is 0 Å². The number of hydrogen-bond acceptors (Lipinski definition) is 5.